The molecule has 0 amide bonds. The van der Waals surface area contributed by atoms with Gasteiger partial charge in [-0.15, -0.1) is 0 Å². The number of carbonyl (C=O) groups is 2. The van der Waals surface area contributed by atoms with Crippen molar-refractivity contribution in [2.45, 2.75) is 0 Å². The van der Waals surface area contributed by atoms with Crippen LogP contribution in [-0.4, -0.2) is 27.3 Å². The number of aromatic carboxylic acids is 2. The minimum atomic E-state index is -1.72. The van der Waals surface area contributed by atoms with E-state index in [1.54, 1.807) is 0 Å². The van der Waals surface area contributed by atoms with Crippen LogP contribution in [-0.2, 0) is 0 Å². The summed E-state index contributed by atoms with van der Waals surface area (Å²) in [6.07, 6.45) is 0. The molecule has 1 aromatic rings. The summed E-state index contributed by atoms with van der Waals surface area (Å²) in [7, 11) is 0. The quantitative estimate of drug-likeness (QED) is 0.634. The van der Waals surface area contributed by atoms with Crippen molar-refractivity contribution >= 4 is 11.9 Å². The Morgan fingerprint density at radius 2 is 1.85 bits per heavy atom. The molecule has 0 saturated carbocycles. The van der Waals surface area contributed by atoms with Crippen LogP contribution in [0.2, 0.25) is 0 Å². The lowest BCUT2D eigenvalue weighted by atomic mass is 10.1. The Hall–Kier alpha value is -2.04. The average molecular weight is 186 g/mol. The molecule has 5 heteroatoms. The first-order valence-electron chi connectivity index (χ1n) is 4.97. The molecular formula is C8H6O5. The van der Waals surface area contributed by atoms with Gasteiger partial charge in [-0.2, -0.15) is 0 Å². The van der Waals surface area contributed by atoms with E-state index in [0.29, 0.717) is 0 Å². The zero-order chi connectivity index (χ0) is 13.3. The smallest absolute Gasteiger partial charge is 0.339 e. The molecule has 1 aromatic carbocycles. The van der Waals surface area contributed by atoms with Crippen LogP contribution in [0.3, 0.4) is 0 Å². The van der Waals surface area contributed by atoms with E-state index in [-0.39, 0.29) is 0 Å². The lowest BCUT2D eigenvalue weighted by molar-refractivity contribution is 0.0691. The maximum Gasteiger partial charge on any atom is 0.339 e. The highest BCUT2D eigenvalue weighted by Gasteiger charge is 2.16. The normalized spacial score (nSPS) is 13.5. The molecule has 1 rings (SSSR count). The van der Waals surface area contributed by atoms with E-state index in [0.717, 1.165) is 0 Å². The summed E-state index contributed by atoms with van der Waals surface area (Å²) in [4.78, 5) is 21.8. The molecular weight excluding hydrogens is 176 g/mol. The van der Waals surface area contributed by atoms with E-state index in [1.807, 2.05) is 0 Å². The molecule has 0 aliphatic heterocycles. The van der Waals surface area contributed by atoms with Gasteiger partial charge >= 0.3 is 11.9 Å². The summed E-state index contributed by atoms with van der Waals surface area (Å²) < 4.78 is 28.2. The molecule has 0 saturated heterocycles. The van der Waals surface area contributed by atoms with Crippen molar-refractivity contribution < 1.29 is 29.0 Å². The molecule has 0 radical (unpaired) electrons. The molecule has 0 unspecified atom stereocenters. The lowest BCUT2D eigenvalue weighted by Gasteiger charge is -2.01. The first-order valence-corrected chi connectivity index (χ1v) is 3.06. The van der Waals surface area contributed by atoms with Crippen molar-refractivity contribution in [3.8, 4) is 5.75 Å². The van der Waals surface area contributed by atoms with E-state index in [4.69, 9.17) is 10.7 Å². The Kier molecular flexibility index (Phi) is 1.17. The van der Waals surface area contributed by atoms with Crippen LogP contribution in [0.25, 0.3) is 1.43 Å². The van der Waals surface area contributed by atoms with E-state index < -0.39 is 46.9 Å². The predicted octanol–water partition coefficient (Wildman–Crippen LogP) is 0.789. The molecule has 0 heterocycles. The number of aromatic hydroxyl groups is 1. The van der Waals surface area contributed by atoms with Crippen LogP contribution in [0, 0.1) is 0 Å². The number of rotatable bonds is 2. The molecule has 5 nitrogen and oxygen atoms in total. The number of carboxylic acid groups (broad SMARTS) is 2. The summed E-state index contributed by atoms with van der Waals surface area (Å²) in [5.74, 6) is -4.34. The molecule has 0 spiro atoms. The van der Waals surface area contributed by atoms with Gasteiger partial charge in [0, 0.05) is 0 Å². The van der Waals surface area contributed by atoms with Crippen LogP contribution in [0.4, 0.5) is 0 Å². The van der Waals surface area contributed by atoms with Gasteiger partial charge in [-0.1, -0.05) is 6.04 Å². The standard InChI is InChI=1S/C8H6O5/c9-6-4(7(10)11)2-1-3-5(6)8(12)13/h1-3,9H,(H,10,11)(H,12,13)/i1D,2D,3D/hD. The Morgan fingerprint density at radius 1 is 1.31 bits per heavy atom. The Morgan fingerprint density at radius 3 is 2.31 bits per heavy atom. The number of benzene rings is 1. The fourth-order valence-electron chi connectivity index (χ4n) is 0.702. The Balaban J connectivity index is 3.74. The van der Waals surface area contributed by atoms with Crippen molar-refractivity contribution in [2.24, 2.45) is 0 Å². The molecule has 0 aromatic heterocycles. The van der Waals surface area contributed by atoms with Gasteiger partial charge in [-0.25, -0.2) is 9.59 Å². The van der Waals surface area contributed by atoms with Crippen molar-refractivity contribution in [1.82, 2.24) is 0 Å². The van der Waals surface area contributed by atoms with E-state index in [9.17, 15) is 14.7 Å². The number of phenols is 1. The molecule has 13 heavy (non-hydrogen) atoms. The fourth-order valence-corrected chi connectivity index (χ4v) is 0.702. The first-order chi connectivity index (χ1) is 7.82. The Labute approximate surface area is 78.6 Å². The van der Waals surface area contributed by atoms with Crippen LogP contribution in [0.15, 0.2) is 18.1 Å². The largest absolute Gasteiger partial charge is 0.506 e. The third-order valence-electron chi connectivity index (χ3n) is 1.27. The SMILES string of the molecule is [2H]OC(=O)c1c([2H])c([2H])c([2H])c(C(=O)O)c1O. The predicted molar refractivity (Wildman–Crippen MR) is 42.0 cm³/mol. The number of hydrogen-bond acceptors (Lipinski definition) is 4. The molecule has 0 aliphatic rings. The van der Waals surface area contributed by atoms with Gasteiger partial charge in [-0.3, -0.25) is 0 Å². The van der Waals surface area contributed by atoms with E-state index in [1.165, 1.54) is 0 Å². The maximum absolute atomic E-state index is 11.1. The fraction of sp³-hybridized carbons (Fsp3) is 0. The summed E-state index contributed by atoms with van der Waals surface area (Å²) in [6.45, 7) is 0. The number of para-hydroxylation sites is 1. The van der Waals surface area contributed by atoms with Gasteiger partial charge in [0.1, 0.15) is 16.9 Å². The summed E-state index contributed by atoms with van der Waals surface area (Å²) >= 11 is 0. The van der Waals surface area contributed by atoms with Crippen molar-refractivity contribution in [1.29, 1.82) is 1.43 Å². The van der Waals surface area contributed by atoms with Crippen LogP contribution in [0.1, 0.15) is 24.8 Å². The maximum atomic E-state index is 11.1. The highest BCUT2D eigenvalue weighted by atomic mass is 16.4. The van der Waals surface area contributed by atoms with Gasteiger partial charge in [0.05, 0.1) is 4.11 Å². The number of carboxylic acids is 2. The van der Waals surface area contributed by atoms with Crippen molar-refractivity contribution in [2.75, 3.05) is 0 Å². The summed E-state index contributed by atoms with van der Waals surface area (Å²) in [5, 5.41) is 21.7. The monoisotopic (exact) mass is 186 g/mol. The van der Waals surface area contributed by atoms with Gasteiger partial charge in [0.15, 0.2) is 0 Å². The van der Waals surface area contributed by atoms with Crippen molar-refractivity contribution in [3.63, 3.8) is 0 Å². The zero-order valence-electron chi connectivity index (χ0n) is 10.1. The molecule has 68 valence electrons. The summed E-state index contributed by atoms with van der Waals surface area (Å²) in [5.41, 5.74) is -1.90. The van der Waals surface area contributed by atoms with Gasteiger partial charge < -0.3 is 15.3 Å². The summed E-state index contributed by atoms with van der Waals surface area (Å²) in [6, 6.07) is -2.60. The topological polar surface area (TPSA) is 94.8 Å². The molecule has 0 fully saturated rings. The molecule has 3 N–H and O–H groups in total. The minimum Gasteiger partial charge on any atom is -0.506 e. The van der Waals surface area contributed by atoms with Gasteiger partial charge in [0.2, 0.25) is 0 Å². The van der Waals surface area contributed by atoms with Gasteiger partial charge in [-0.05, 0) is 12.1 Å². The molecule has 0 aliphatic carbocycles. The third kappa shape index (κ3) is 1.58. The van der Waals surface area contributed by atoms with Crippen LogP contribution < -0.4 is 0 Å². The second kappa shape index (κ2) is 3.14. The van der Waals surface area contributed by atoms with E-state index in [2.05, 4.69) is 5.11 Å². The van der Waals surface area contributed by atoms with Crippen LogP contribution >= 0.6 is 0 Å². The van der Waals surface area contributed by atoms with Gasteiger partial charge in [0.25, 0.3) is 1.43 Å². The lowest BCUT2D eigenvalue weighted by Crippen LogP contribution is -2.02. The second-order valence-electron chi connectivity index (χ2n) is 2.07. The zero-order valence-corrected chi connectivity index (χ0v) is 6.12. The second-order valence-corrected chi connectivity index (χ2v) is 2.07. The Bertz CT molecular complexity index is 513. The van der Waals surface area contributed by atoms with Crippen molar-refractivity contribution in [3.05, 3.63) is 29.3 Å². The highest BCUT2D eigenvalue weighted by Crippen LogP contribution is 2.21. The molecule has 0 atom stereocenters. The average Bonchev–Trinajstić information content (AvgIpc) is 2.25. The highest BCUT2D eigenvalue weighted by molar-refractivity contribution is 5.98. The minimum absolute atomic E-state index is 0.847. The third-order valence-corrected chi connectivity index (χ3v) is 1.27. The molecule has 0 bridgehead atoms. The van der Waals surface area contributed by atoms with E-state index >= 15 is 0 Å². The van der Waals surface area contributed by atoms with Crippen LogP contribution in [0.5, 0.6) is 5.75 Å². The first kappa shape index (κ1) is 4.86. The number of hydrogen-bond donors (Lipinski definition) is 3.